The van der Waals surface area contributed by atoms with Gasteiger partial charge in [0.15, 0.2) is 0 Å². The molecule has 1 atom stereocenters. The van der Waals surface area contributed by atoms with Crippen LogP contribution in [0.2, 0.25) is 0 Å². The predicted octanol–water partition coefficient (Wildman–Crippen LogP) is 4.63. The van der Waals surface area contributed by atoms with E-state index in [2.05, 4.69) is 46.2 Å². The van der Waals surface area contributed by atoms with E-state index in [1.165, 1.54) is 56.3 Å². The number of hydrogen-bond donors (Lipinski definition) is 1. The maximum atomic E-state index is 9.87. The minimum Gasteiger partial charge on any atom is -0.508 e. The van der Waals surface area contributed by atoms with Crippen molar-refractivity contribution in [3.05, 3.63) is 65.7 Å². The van der Waals surface area contributed by atoms with E-state index in [1.54, 1.807) is 6.07 Å². The molecule has 1 unspecified atom stereocenters. The van der Waals surface area contributed by atoms with Gasteiger partial charge in [0, 0.05) is 38.3 Å². The van der Waals surface area contributed by atoms with Crippen molar-refractivity contribution in [1.82, 2.24) is 9.80 Å². The van der Waals surface area contributed by atoms with E-state index in [0.717, 1.165) is 25.6 Å². The molecule has 2 fully saturated rings. The Balaban J connectivity index is 1.46. The van der Waals surface area contributed by atoms with Gasteiger partial charge in [-0.25, -0.2) is 0 Å². The molecular weight excluding hydrogens is 332 g/mol. The number of hydrogen-bond acceptors (Lipinski definition) is 3. The van der Waals surface area contributed by atoms with Crippen LogP contribution >= 0.6 is 0 Å². The van der Waals surface area contributed by atoms with Crippen LogP contribution < -0.4 is 0 Å². The molecule has 0 radical (unpaired) electrons. The first-order valence-electron chi connectivity index (χ1n) is 10.6. The molecule has 27 heavy (non-hydrogen) atoms. The number of benzene rings is 2. The minimum atomic E-state index is 0.362. The molecule has 4 rings (SSSR count). The summed E-state index contributed by atoms with van der Waals surface area (Å²) in [5.74, 6) is 0.362. The summed E-state index contributed by atoms with van der Waals surface area (Å²) in [6.07, 6.45) is 7.99. The van der Waals surface area contributed by atoms with Crippen LogP contribution in [0.15, 0.2) is 54.6 Å². The molecule has 1 saturated carbocycles. The number of phenolic OH excluding ortho intramolecular Hbond substituents is 1. The monoisotopic (exact) mass is 364 g/mol. The lowest BCUT2D eigenvalue weighted by Gasteiger charge is -2.43. The second-order valence-corrected chi connectivity index (χ2v) is 8.16. The molecule has 1 N–H and O–H groups in total. The van der Waals surface area contributed by atoms with Crippen molar-refractivity contribution in [3.8, 4) is 5.75 Å². The van der Waals surface area contributed by atoms with Crippen LogP contribution in [0.4, 0.5) is 0 Å². The van der Waals surface area contributed by atoms with E-state index < -0.39 is 0 Å². The highest BCUT2D eigenvalue weighted by molar-refractivity contribution is 5.30. The van der Waals surface area contributed by atoms with E-state index in [-0.39, 0.29) is 0 Å². The number of rotatable bonds is 5. The lowest BCUT2D eigenvalue weighted by molar-refractivity contribution is 0.0559. The second-order valence-electron chi connectivity index (χ2n) is 8.16. The van der Waals surface area contributed by atoms with Gasteiger partial charge in [0.1, 0.15) is 5.75 Å². The average Bonchev–Trinajstić information content (AvgIpc) is 2.74. The van der Waals surface area contributed by atoms with Gasteiger partial charge in [0.05, 0.1) is 0 Å². The molecule has 2 aromatic carbocycles. The van der Waals surface area contributed by atoms with Crippen LogP contribution in [-0.2, 0) is 6.42 Å². The molecule has 0 bridgehead atoms. The Bertz CT molecular complexity index is 703. The van der Waals surface area contributed by atoms with Crippen LogP contribution in [0, 0.1) is 0 Å². The molecule has 2 aromatic rings. The van der Waals surface area contributed by atoms with Crippen molar-refractivity contribution in [3.63, 3.8) is 0 Å². The molecule has 2 aliphatic rings. The van der Waals surface area contributed by atoms with Crippen molar-refractivity contribution < 1.29 is 5.11 Å². The molecule has 0 spiro atoms. The highest BCUT2D eigenvalue weighted by atomic mass is 16.3. The average molecular weight is 365 g/mol. The van der Waals surface area contributed by atoms with Crippen LogP contribution in [0.5, 0.6) is 5.75 Å². The first kappa shape index (κ1) is 18.5. The van der Waals surface area contributed by atoms with Crippen LogP contribution in [0.25, 0.3) is 0 Å². The smallest absolute Gasteiger partial charge is 0.115 e. The Morgan fingerprint density at radius 1 is 0.852 bits per heavy atom. The van der Waals surface area contributed by atoms with Gasteiger partial charge in [0.25, 0.3) is 0 Å². The highest BCUT2D eigenvalue weighted by Crippen LogP contribution is 2.29. The van der Waals surface area contributed by atoms with E-state index in [1.807, 2.05) is 12.1 Å². The number of nitrogens with zero attached hydrogens (tertiary/aromatic N) is 2. The molecule has 3 heteroatoms. The third-order valence-electron chi connectivity index (χ3n) is 6.40. The van der Waals surface area contributed by atoms with Gasteiger partial charge in [-0.1, -0.05) is 61.7 Å². The summed E-state index contributed by atoms with van der Waals surface area (Å²) in [4.78, 5) is 5.39. The lowest BCUT2D eigenvalue weighted by atomic mass is 9.93. The van der Waals surface area contributed by atoms with Crippen LogP contribution in [-0.4, -0.2) is 47.1 Å². The summed E-state index contributed by atoms with van der Waals surface area (Å²) >= 11 is 0. The summed E-state index contributed by atoms with van der Waals surface area (Å²) in [6, 6.07) is 19.8. The maximum absolute atomic E-state index is 9.87. The summed E-state index contributed by atoms with van der Waals surface area (Å²) in [5.41, 5.74) is 2.59. The third kappa shape index (κ3) is 4.72. The molecular formula is C24H32N2O. The molecule has 1 aliphatic carbocycles. The summed E-state index contributed by atoms with van der Waals surface area (Å²) in [6.45, 7) is 4.64. The van der Waals surface area contributed by atoms with Crippen LogP contribution in [0.3, 0.4) is 0 Å². The minimum absolute atomic E-state index is 0.362. The first-order valence-corrected chi connectivity index (χ1v) is 10.6. The molecule has 1 heterocycles. The molecule has 0 aromatic heterocycles. The van der Waals surface area contributed by atoms with Crippen LogP contribution in [0.1, 0.15) is 49.3 Å². The van der Waals surface area contributed by atoms with Gasteiger partial charge in [-0.2, -0.15) is 0 Å². The molecule has 144 valence electrons. The van der Waals surface area contributed by atoms with Gasteiger partial charge in [-0.05, 0) is 42.5 Å². The van der Waals surface area contributed by atoms with Gasteiger partial charge in [-0.15, -0.1) is 0 Å². The van der Waals surface area contributed by atoms with Crippen molar-refractivity contribution in [2.24, 2.45) is 0 Å². The zero-order chi connectivity index (χ0) is 18.5. The fraction of sp³-hybridized carbons (Fsp3) is 0.500. The quantitative estimate of drug-likeness (QED) is 0.838. The Morgan fingerprint density at radius 3 is 2.30 bits per heavy atom. The van der Waals surface area contributed by atoms with Gasteiger partial charge < -0.3 is 5.11 Å². The summed E-state index contributed by atoms with van der Waals surface area (Å²) < 4.78 is 0. The summed E-state index contributed by atoms with van der Waals surface area (Å²) in [7, 11) is 0. The van der Waals surface area contributed by atoms with Gasteiger partial charge in [-0.3, -0.25) is 9.80 Å². The molecule has 1 aliphatic heterocycles. The molecule has 3 nitrogen and oxygen atoms in total. The van der Waals surface area contributed by atoms with Gasteiger partial charge >= 0.3 is 0 Å². The lowest BCUT2D eigenvalue weighted by Crippen LogP contribution is -2.51. The Labute approximate surface area is 163 Å². The Kier molecular flexibility index (Phi) is 6.10. The Morgan fingerprint density at radius 2 is 1.59 bits per heavy atom. The highest BCUT2D eigenvalue weighted by Gasteiger charge is 2.29. The zero-order valence-corrected chi connectivity index (χ0v) is 16.3. The fourth-order valence-corrected chi connectivity index (χ4v) is 4.90. The number of phenols is 1. The SMILES string of the molecule is Oc1cccc(CC(c2ccccc2)N2CCN(C3CCCCC3)CC2)c1. The standard InChI is InChI=1S/C24H32N2O/c27-23-13-7-8-20(18-23)19-24(21-9-3-1-4-10-21)26-16-14-25(15-17-26)22-11-5-2-6-12-22/h1,3-4,7-10,13,18,22,24,27H,2,5-6,11-12,14-17,19H2. The zero-order valence-electron chi connectivity index (χ0n) is 16.3. The van der Waals surface area contributed by atoms with Gasteiger partial charge in [0.2, 0.25) is 0 Å². The van der Waals surface area contributed by atoms with Crippen molar-refractivity contribution in [2.75, 3.05) is 26.2 Å². The normalized spacial score (nSPS) is 21.2. The van der Waals surface area contributed by atoms with E-state index in [4.69, 9.17) is 0 Å². The topological polar surface area (TPSA) is 26.7 Å². The van der Waals surface area contributed by atoms with E-state index in [0.29, 0.717) is 11.8 Å². The van der Waals surface area contributed by atoms with E-state index >= 15 is 0 Å². The van der Waals surface area contributed by atoms with Crippen molar-refractivity contribution >= 4 is 0 Å². The van der Waals surface area contributed by atoms with Crippen molar-refractivity contribution in [2.45, 2.75) is 50.6 Å². The van der Waals surface area contributed by atoms with E-state index in [9.17, 15) is 5.11 Å². The second kappa shape index (κ2) is 8.90. The largest absolute Gasteiger partial charge is 0.508 e. The summed E-state index contributed by atoms with van der Waals surface area (Å²) in [5, 5.41) is 9.87. The van der Waals surface area contributed by atoms with Crippen molar-refractivity contribution in [1.29, 1.82) is 0 Å². The third-order valence-corrected chi connectivity index (χ3v) is 6.40. The molecule has 0 amide bonds. The number of aromatic hydroxyl groups is 1. The fourth-order valence-electron chi connectivity index (χ4n) is 4.90. The predicted molar refractivity (Wildman–Crippen MR) is 111 cm³/mol. The maximum Gasteiger partial charge on any atom is 0.115 e. The molecule has 1 saturated heterocycles. The Hall–Kier alpha value is -1.84. The number of piperazine rings is 1. The first-order chi connectivity index (χ1) is 13.3.